The number of aromatic nitrogens is 1. The van der Waals surface area contributed by atoms with E-state index in [2.05, 4.69) is 37.9 Å². The van der Waals surface area contributed by atoms with E-state index < -0.39 is 21.5 Å². The number of azo groups is 1. The van der Waals surface area contributed by atoms with Crippen molar-refractivity contribution in [1.82, 2.24) is 8.98 Å². The highest BCUT2D eigenvalue weighted by molar-refractivity contribution is 7.89. The maximum atomic E-state index is 13.9. The van der Waals surface area contributed by atoms with Gasteiger partial charge in [0.05, 0.1) is 10.6 Å². The molecule has 2 rings (SSSR count). The van der Waals surface area contributed by atoms with Crippen LogP contribution in [0.4, 0.5) is 11.4 Å². The minimum atomic E-state index is -3.75. The Labute approximate surface area is 238 Å². The summed E-state index contributed by atoms with van der Waals surface area (Å²) in [5, 5.41) is 27.2. The summed E-state index contributed by atoms with van der Waals surface area (Å²) in [6.45, 7) is 11.0. The number of hydrogen-bond donors (Lipinski definition) is 2. The first-order valence-corrected chi connectivity index (χ1v) is 15.6. The summed E-state index contributed by atoms with van der Waals surface area (Å²) >= 11 is 0. The van der Waals surface area contributed by atoms with Crippen molar-refractivity contribution in [2.45, 2.75) is 90.9 Å². The molecule has 0 aliphatic heterocycles. The molecule has 0 aliphatic carbocycles. The lowest BCUT2D eigenvalue weighted by atomic mass is 9.97. The second kappa shape index (κ2) is 15.5. The molecule has 0 fully saturated rings. The Morgan fingerprint density at radius 2 is 1.52 bits per heavy atom. The molecule has 0 bridgehead atoms. The molecule has 220 valence electrons. The van der Waals surface area contributed by atoms with Crippen molar-refractivity contribution in [2.24, 2.45) is 22.1 Å². The minimum absolute atomic E-state index is 0.146. The summed E-state index contributed by atoms with van der Waals surface area (Å²) in [4.78, 5) is 12.6. The Morgan fingerprint density at radius 3 is 1.98 bits per heavy atom. The number of sulfonamides is 1. The predicted molar refractivity (Wildman–Crippen MR) is 158 cm³/mol. The molecular weight excluding hydrogens is 528 g/mol. The van der Waals surface area contributed by atoms with Gasteiger partial charge in [-0.2, -0.15) is 19.4 Å². The molecule has 40 heavy (non-hydrogen) atoms. The van der Waals surface area contributed by atoms with Crippen LogP contribution in [0.2, 0.25) is 0 Å². The van der Waals surface area contributed by atoms with Crippen LogP contribution in [0, 0.1) is 30.1 Å². The summed E-state index contributed by atoms with van der Waals surface area (Å²) in [6, 6.07) is 7.86. The molecule has 0 aliphatic rings. The molecule has 0 spiro atoms. The molecule has 0 saturated carbocycles. The van der Waals surface area contributed by atoms with Gasteiger partial charge in [0.15, 0.2) is 5.69 Å². The zero-order valence-corrected chi connectivity index (χ0v) is 25.2. The maximum absolute atomic E-state index is 13.9. The smallest absolute Gasteiger partial charge is 0.299 e. The molecule has 1 aromatic heterocycles. The number of benzene rings is 1. The highest BCUT2D eigenvalue weighted by Gasteiger charge is 2.29. The monoisotopic (exact) mass is 572 g/mol. The SMILES string of the molecule is CCCCC(CC)CN(CC(CC)CCCC)S(=O)(=O)c1ccc(N=Nc2c(C)c(C#N)c(O)n(N)c2=O)cc1. The van der Waals surface area contributed by atoms with E-state index in [9.17, 15) is 23.6 Å². The fraction of sp³-hybridized carbons (Fsp3) is 0.586. The Balaban J connectivity index is 2.39. The van der Waals surface area contributed by atoms with Crippen LogP contribution in [0.15, 0.2) is 44.2 Å². The molecule has 0 saturated heterocycles. The summed E-state index contributed by atoms with van der Waals surface area (Å²) in [7, 11) is -3.75. The van der Waals surface area contributed by atoms with E-state index in [4.69, 9.17) is 5.84 Å². The number of nitriles is 1. The Hall–Kier alpha value is -3.23. The largest absolute Gasteiger partial charge is 0.492 e. The lowest BCUT2D eigenvalue weighted by Crippen LogP contribution is -2.39. The molecule has 0 radical (unpaired) electrons. The zero-order valence-electron chi connectivity index (χ0n) is 24.4. The molecular formula is C29H44N6O4S. The van der Waals surface area contributed by atoms with Gasteiger partial charge >= 0.3 is 0 Å². The fourth-order valence-corrected chi connectivity index (χ4v) is 6.24. The predicted octanol–water partition coefficient (Wildman–Crippen LogP) is 6.29. The van der Waals surface area contributed by atoms with E-state index in [1.165, 1.54) is 31.2 Å². The van der Waals surface area contributed by atoms with Gasteiger partial charge in [-0.3, -0.25) is 4.79 Å². The van der Waals surface area contributed by atoms with E-state index in [1.807, 2.05) is 0 Å². The summed E-state index contributed by atoms with van der Waals surface area (Å²) in [6.07, 6.45) is 8.15. The van der Waals surface area contributed by atoms with E-state index in [-0.39, 0.29) is 21.7 Å². The van der Waals surface area contributed by atoms with Gasteiger partial charge in [-0.25, -0.2) is 8.42 Å². The van der Waals surface area contributed by atoms with Gasteiger partial charge in [-0.05, 0) is 55.9 Å². The topological polar surface area (TPSA) is 154 Å². The highest BCUT2D eigenvalue weighted by atomic mass is 32.2. The summed E-state index contributed by atoms with van der Waals surface area (Å²) in [5.41, 5.74) is -0.702. The van der Waals surface area contributed by atoms with Crippen LogP contribution >= 0.6 is 0 Å². The van der Waals surface area contributed by atoms with E-state index >= 15 is 0 Å². The molecule has 10 nitrogen and oxygen atoms in total. The van der Waals surface area contributed by atoms with Crippen LogP contribution in [-0.2, 0) is 10.0 Å². The van der Waals surface area contributed by atoms with Crippen molar-refractivity contribution in [1.29, 1.82) is 5.26 Å². The molecule has 2 unspecified atom stereocenters. The number of nitrogens with two attached hydrogens (primary N) is 1. The number of hydrogen-bond acceptors (Lipinski definition) is 8. The van der Waals surface area contributed by atoms with Gasteiger partial charge in [-0.15, -0.1) is 5.11 Å². The standard InChI is InChI=1S/C29H44N6O4S/c1-6-10-12-22(8-3)19-34(20-23(9-4)13-11-7-2)40(38,39)25-16-14-24(15-17-25)32-33-27-21(5)26(18-30)28(36)35(31)29(27)37/h14-17,22-23,36H,6-13,19-20,31H2,1-5H3. The number of unbranched alkanes of at least 4 members (excludes halogenated alkanes) is 2. The third kappa shape index (κ3) is 8.15. The Morgan fingerprint density at radius 1 is 1.00 bits per heavy atom. The van der Waals surface area contributed by atoms with Gasteiger partial charge < -0.3 is 10.9 Å². The average molecular weight is 573 g/mol. The molecule has 11 heteroatoms. The number of rotatable bonds is 16. The minimum Gasteiger partial charge on any atom is -0.492 e. The number of pyridine rings is 1. The maximum Gasteiger partial charge on any atom is 0.299 e. The molecule has 2 aromatic rings. The van der Waals surface area contributed by atoms with Gasteiger partial charge in [0.25, 0.3) is 5.56 Å². The van der Waals surface area contributed by atoms with Crippen LogP contribution in [0.5, 0.6) is 5.88 Å². The van der Waals surface area contributed by atoms with E-state index in [1.54, 1.807) is 10.4 Å². The third-order valence-corrected chi connectivity index (χ3v) is 9.31. The second-order valence-corrected chi connectivity index (χ2v) is 12.2. The molecule has 2 atom stereocenters. The van der Waals surface area contributed by atoms with Gasteiger partial charge in [0, 0.05) is 18.7 Å². The number of aromatic hydroxyl groups is 1. The summed E-state index contributed by atoms with van der Waals surface area (Å²) < 4.78 is 29.8. The van der Waals surface area contributed by atoms with Crippen LogP contribution in [-0.4, -0.2) is 35.6 Å². The van der Waals surface area contributed by atoms with Crippen molar-refractivity contribution >= 4 is 21.4 Å². The lowest BCUT2D eigenvalue weighted by Gasteiger charge is -2.30. The van der Waals surface area contributed by atoms with Gasteiger partial charge in [-0.1, -0.05) is 66.2 Å². The molecule has 3 N–H and O–H groups in total. The molecule has 1 heterocycles. The first-order valence-electron chi connectivity index (χ1n) is 14.2. The van der Waals surface area contributed by atoms with Gasteiger partial charge in [0.1, 0.15) is 11.6 Å². The van der Waals surface area contributed by atoms with Gasteiger partial charge in [0.2, 0.25) is 15.9 Å². The van der Waals surface area contributed by atoms with Crippen molar-refractivity contribution < 1.29 is 13.5 Å². The number of nitrogen functional groups attached to an aromatic ring is 1. The van der Waals surface area contributed by atoms with Crippen molar-refractivity contribution in [3.05, 3.63) is 45.7 Å². The molecule has 1 aromatic carbocycles. The van der Waals surface area contributed by atoms with E-state index in [0.29, 0.717) is 35.3 Å². The van der Waals surface area contributed by atoms with Crippen molar-refractivity contribution in [3.63, 3.8) is 0 Å². The Bertz CT molecular complexity index is 1330. The quantitative estimate of drug-likeness (QED) is 0.178. The first kappa shape index (κ1) is 33.0. The number of nitrogens with zero attached hydrogens (tertiary/aromatic N) is 5. The highest BCUT2D eigenvalue weighted by Crippen LogP contribution is 2.28. The normalized spacial score (nSPS) is 13.5. The fourth-order valence-electron chi connectivity index (χ4n) is 4.65. The molecule has 0 amide bonds. The Kier molecular flexibility index (Phi) is 12.8. The van der Waals surface area contributed by atoms with Crippen molar-refractivity contribution in [3.8, 4) is 11.9 Å². The van der Waals surface area contributed by atoms with Crippen LogP contribution in [0.1, 0.15) is 90.2 Å². The zero-order chi connectivity index (χ0) is 29.9. The average Bonchev–Trinajstić information content (AvgIpc) is 2.95. The van der Waals surface area contributed by atoms with Crippen LogP contribution in [0.25, 0.3) is 0 Å². The third-order valence-electron chi connectivity index (χ3n) is 7.47. The van der Waals surface area contributed by atoms with E-state index in [0.717, 1.165) is 51.4 Å². The van der Waals surface area contributed by atoms with Crippen LogP contribution in [0.3, 0.4) is 0 Å². The van der Waals surface area contributed by atoms with Crippen molar-refractivity contribution in [2.75, 3.05) is 18.9 Å². The second-order valence-electron chi connectivity index (χ2n) is 10.3. The summed E-state index contributed by atoms with van der Waals surface area (Å²) in [5.74, 6) is 5.51. The first-order chi connectivity index (χ1) is 19.0. The lowest BCUT2D eigenvalue weighted by molar-refractivity contribution is 0.270. The van der Waals surface area contributed by atoms with Crippen LogP contribution < -0.4 is 11.4 Å².